The number of alkyl halides is 1. The van der Waals surface area contributed by atoms with Gasteiger partial charge in [-0.15, -0.1) is 11.6 Å². The molecule has 0 radical (unpaired) electrons. The van der Waals surface area contributed by atoms with Crippen molar-refractivity contribution < 1.29 is 13.0 Å². The van der Waals surface area contributed by atoms with Gasteiger partial charge >= 0.3 is 0 Å². The zero-order chi connectivity index (χ0) is 6.62. The predicted molar refractivity (Wildman–Crippen MR) is 31.4 cm³/mol. The predicted octanol–water partition coefficient (Wildman–Crippen LogP) is 0.627. The van der Waals surface area contributed by atoms with Crippen LogP contribution in [0, 0.1) is 0 Å². The molecular weight excluding hydrogens is 152 g/mol. The van der Waals surface area contributed by atoms with Gasteiger partial charge in [-0.2, -0.15) is 8.42 Å². The molecule has 0 amide bonds. The van der Waals surface area contributed by atoms with Crippen LogP contribution in [0.25, 0.3) is 0 Å². The van der Waals surface area contributed by atoms with E-state index in [0.29, 0.717) is 5.41 Å². The maximum absolute atomic E-state index is 9.80. The Morgan fingerprint density at radius 3 is 2.25 bits per heavy atom. The van der Waals surface area contributed by atoms with Crippen molar-refractivity contribution in [3.8, 4) is 0 Å². The molecule has 0 fully saturated rings. The van der Waals surface area contributed by atoms with Gasteiger partial charge in [0.25, 0.3) is 10.1 Å². The second-order valence-electron chi connectivity index (χ2n) is 1.04. The molecule has 48 valence electrons. The van der Waals surface area contributed by atoms with Crippen molar-refractivity contribution in [1.29, 1.82) is 0 Å². The fourth-order valence-electron chi connectivity index (χ4n) is 0.158. The molecule has 0 aromatic rings. The van der Waals surface area contributed by atoms with Crippen LogP contribution in [-0.2, 0) is 10.1 Å². The second-order valence-corrected chi connectivity index (χ2v) is 2.65. The molecule has 0 aliphatic carbocycles. The number of hydrogen-bond donors (Lipinski definition) is 1. The van der Waals surface area contributed by atoms with Crippen LogP contribution in [0.4, 0.5) is 0 Å². The van der Waals surface area contributed by atoms with Crippen molar-refractivity contribution in [3.63, 3.8) is 0 Å². The average molecular weight is 157 g/mol. The maximum atomic E-state index is 9.80. The monoisotopic (exact) mass is 156 g/mol. The SMILES string of the molecule is O=S(=O)(O)/C=C/CCl. The molecule has 0 spiro atoms. The Labute approximate surface area is 52.7 Å². The van der Waals surface area contributed by atoms with E-state index in [2.05, 4.69) is 0 Å². The van der Waals surface area contributed by atoms with E-state index >= 15 is 0 Å². The summed E-state index contributed by atoms with van der Waals surface area (Å²) >= 11 is 5.05. The van der Waals surface area contributed by atoms with E-state index in [4.69, 9.17) is 16.2 Å². The third-order valence-corrected chi connectivity index (χ3v) is 1.07. The third-order valence-electron chi connectivity index (χ3n) is 0.357. The minimum absolute atomic E-state index is 0.0831. The highest BCUT2D eigenvalue weighted by Crippen LogP contribution is 1.85. The smallest absolute Gasteiger partial charge is 0.282 e. The van der Waals surface area contributed by atoms with Crippen LogP contribution in [0.1, 0.15) is 0 Å². The number of halogens is 1. The molecule has 3 nitrogen and oxygen atoms in total. The van der Waals surface area contributed by atoms with Crippen molar-refractivity contribution in [1.82, 2.24) is 0 Å². The van der Waals surface area contributed by atoms with Crippen molar-refractivity contribution in [2.75, 3.05) is 5.88 Å². The largest absolute Gasteiger partial charge is 0.287 e. The van der Waals surface area contributed by atoms with E-state index in [1.165, 1.54) is 0 Å². The van der Waals surface area contributed by atoms with Crippen LogP contribution in [0.2, 0.25) is 0 Å². The van der Waals surface area contributed by atoms with Crippen molar-refractivity contribution >= 4 is 21.7 Å². The highest BCUT2D eigenvalue weighted by Gasteiger charge is 1.91. The summed E-state index contributed by atoms with van der Waals surface area (Å²) in [5.41, 5.74) is 0. The molecule has 0 aliphatic heterocycles. The zero-order valence-corrected chi connectivity index (χ0v) is 5.48. The Morgan fingerprint density at radius 1 is 1.62 bits per heavy atom. The second kappa shape index (κ2) is 3.06. The van der Waals surface area contributed by atoms with Gasteiger partial charge < -0.3 is 0 Å². The quantitative estimate of drug-likeness (QED) is 0.471. The molecule has 0 atom stereocenters. The van der Waals surface area contributed by atoms with Gasteiger partial charge in [0.05, 0.1) is 5.41 Å². The zero-order valence-electron chi connectivity index (χ0n) is 3.91. The summed E-state index contributed by atoms with van der Waals surface area (Å²) in [6, 6.07) is 0. The fraction of sp³-hybridized carbons (Fsp3) is 0.333. The lowest BCUT2D eigenvalue weighted by Gasteiger charge is -1.78. The Balaban J connectivity index is 3.92. The molecule has 0 saturated carbocycles. The van der Waals surface area contributed by atoms with E-state index in [1.54, 1.807) is 0 Å². The molecule has 0 aliphatic rings. The van der Waals surface area contributed by atoms with Gasteiger partial charge in [0.2, 0.25) is 0 Å². The first-order chi connectivity index (χ1) is 3.56. The van der Waals surface area contributed by atoms with E-state index in [-0.39, 0.29) is 5.88 Å². The summed E-state index contributed by atoms with van der Waals surface area (Å²) < 4.78 is 27.6. The number of rotatable bonds is 2. The van der Waals surface area contributed by atoms with Crippen molar-refractivity contribution in [2.24, 2.45) is 0 Å². The molecule has 5 heteroatoms. The van der Waals surface area contributed by atoms with Gasteiger partial charge in [-0.3, -0.25) is 4.55 Å². The maximum Gasteiger partial charge on any atom is 0.287 e. The van der Waals surface area contributed by atoms with Gasteiger partial charge in [0.15, 0.2) is 0 Å². The number of allylic oxidation sites excluding steroid dienone is 1. The van der Waals surface area contributed by atoms with E-state index in [9.17, 15) is 8.42 Å². The molecule has 0 heterocycles. The van der Waals surface area contributed by atoms with Crippen molar-refractivity contribution in [2.45, 2.75) is 0 Å². The van der Waals surface area contributed by atoms with Gasteiger partial charge in [0, 0.05) is 5.88 Å². The lowest BCUT2D eigenvalue weighted by Crippen LogP contribution is -1.88. The van der Waals surface area contributed by atoms with E-state index in [0.717, 1.165) is 6.08 Å². The summed E-state index contributed by atoms with van der Waals surface area (Å²) in [6.07, 6.45) is 1.14. The molecule has 0 bridgehead atoms. The summed E-state index contributed by atoms with van der Waals surface area (Å²) in [5.74, 6) is 0.0831. The van der Waals surface area contributed by atoms with Crippen LogP contribution in [-0.4, -0.2) is 18.9 Å². The summed E-state index contributed by atoms with van der Waals surface area (Å²) in [5, 5.41) is 0.639. The first kappa shape index (κ1) is 7.94. The topological polar surface area (TPSA) is 54.4 Å². The molecule has 0 aromatic carbocycles. The summed E-state index contributed by atoms with van der Waals surface area (Å²) in [7, 11) is -3.95. The first-order valence-corrected chi connectivity index (χ1v) is 3.80. The number of hydrogen-bond acceptors (Lipinski definition) is 2. The average Bonchev–Trinajstić information content (AvgIpc) is 1.59. The van der Waals surface area contributed by atoms with Crippen molar-refractivity contribution in [3.05, 3.63) is 11.5 Å². The van der Waals surface area contributed by atoms with Crippen LogP contribution < -0.4 is 0 Å². The normalized spacial score (nSPS) is 12.8. The fourth-order valence-corrected chi connectivity index (χ4v) is 0.692. The van der Waals surface area contributed by atoms with Gasteiger partial charge in [-0.1, -0.05) is 6.08 Å². The summed E-state index contributed by atoms with van der Waals surface area (Å²) in [4.78, 5) is 0. The molecule has 0 aromatic heterocycles. The Kier molecular flexibility index (Phi) is 3.04. The van der Waals surface area contributed by atoms with Gasteiger partial charge in [-0.25, -0.2) is 0 Å². The minimum atomic E-state index is -3.95. The lowest BCUT2D eigenvalue weighted by molar-refractivity contribution is 0.494. The van der Waals surface area contributed by atoms with E-state index in [1.807, 2.05) is 0 Å². The molecule has 8 heavy (non-hydrogen) atoms. The highest BCUT2D eigenvalue weighted by molar-refractivity contribution is 7.88. The van der Waals surface area contributed by atoms with Gasteiger partial charge in [0.1, 0.15) is 0 Å². The minimum Gasteiger partial charge on any atom is -0.282 e. The Hall–Kier alpha value is -0.0600. The van der Waals surface area contributed by atoms with Crippen LogP contribution >= 0.6 is 11.6 Å². The van der Waals surface area contributed by atoms with Crippen LogP contribution in [0.3, 0.4) is 0 Å². The van der Waals surface area contributed by atoms with E-state index < -0.39 is 10.1 Å². The molecular formula is C3H5ClO3S. The van der Waals surface area contributed by atoms with Crippen LogP contribution in [0.15, 0.2) is 11.5 Å². The molecule has 0 rings (SSSR count). The molecule has 1 N–H and O–H groups in total. The third kappa shape index (κ3) is 5.94. The lowest BCUT2D eigenvalue weighted by atomic mass is 10.8. The summed E-state index contributed by atoms with van der Waals surface area (Å²) in [6.45, 7) is 0. The molecule has 0 unspecified atom stereocenters. The van der Waals surface area contributed by atoms with Gasteiger partial charge in [-0.05, 0) is 0 Å². The van der Waals surface area contributed by atoms with Crippen LogP contribution in [0.5, 0.6) is 0 Å². The standard InChI is InChI=1S/C3H5ClO3S/c4-2-1-3-8(5,6)7/h1,3H,2H2,(H,5,6,7)/b3-1+. The molecule has 0 saturated heterocycles. The highest BCUT2D eigenvalue weighted by atomic mass is 35.5. The first-order valence-electron chi connectivity index (χ1n) is 1.76. The Bertz CT molecular complexity index is 169. The Morgan fingerprint density at radius 2 is 2.12 bits per heavy atom.